The van der Waals surface area contributed by atoms with Gasteiger partial charge in [-0.3, -0.25) is 9.78 Å². The number of halogens is 1. The van der Waals surface area contributed by atoms with Gasteiger partial charge in [0.15, 0.2) is 5.65 Å². The molecule has 22 heavy (non-hydrogen) atoms. The van der Waals surface area contributed by atoms with Gasteiger partial charge < -0.3 is 0 Å². The predicted molar refractivity (Wildman–Crippen MR) is 83.9 cm³/mol. The van der Waals surface area contributed by atoms with Crippen molar-refractivity contribution in [3.05, 3.63) is 57.2 Å². The average molecular weight is 338 g/mol. The summed E-state index contributed by atoms with van der Waals surface area (Å²) < 4.78 is 26.5. The molecule has 0 unspecified atom stereocenters. The van der Waals surface area contributed by atoms with Crippen molar-refractivity contribution in [1.82, 2.24) is 13.9 Å². The molecule has 0 atom stereocenters. The molecule has 0 radical (unpaired) electrons. The second kappa shape index (κ2) is 4.96. The number of aryl methyl sites for hydroxylation is 2. The second-order valence-corrected chi connectivity index (χ2v) is 7.15. The highest BCUT2D eigenvalue weighted by Crippen LogP contribution is 2.22. The third kappa shape index (κ3) is 2.22. The van der Waals surface area contributed by atoms with Crippen LogP contribution in [0, 0.1) is 13.8 Å². The van der Waals surface area contributed by atoms with E-state index in [-0.39, 0.29) is 21.2 Å². The summed E-state index contributed by atoms with van der Waals surface area (Å²) in [4.78, 5) is 18.4. The number of H-pyrrole nitrogens is 1. The van der Waals surface area contributed by atoms with E-state index in [9.17, 15) is 13.2 Å². The molecule has 0 aliphatic heterocycles. The lowest BCUT2D eigenvalue weighted by Crippen LogP contribution is -2.14. The van der Waals surface area contributed by atoms with Gasteiger partial charge in [0.2, 0.25) is 5.28 Å². The first-order valence-corrected chi connectivity index (χ1v) is 8.22. The maximum atomic E-state index is 12.8. The number of nitrogens with zero attached hydrogens (tertiary/aromatic N) is 2. The summed E-state index contributed by atoms with van der Waals surface area (Å²) >= 11 is 5.75. The van der Waals surface area contributed by atoms with Crippen LogP contribution in [0.25, 0.3) is 11.0 Å². The molecule has 6 nitrogen and oxygen atoms in total. The van der Waals surface area contributed by atoms with E-state index in [4.69, 9.17) is 11.6 Å². The number of benzene rings is 1. The van der Waals surface area contributed by atoms with Crippen molar-refractivity contribution in [2.75, 3.05) is 0 Å². The van der Waals surface area contributed by atoms with Gasteiger partial charge in [0.1, 0.15) is 0 Å². The first-order valence-electron chi connectivity index (χ1n) is 6.40. The van der Waals surface area contributed by atoms with Gasteiger partial charge in [0, 0.05) is 6.20 Å². The van der Waals surface area contributed by atoms with E-state index in [2.05, 4.69) is 9.97 Å². The molecule has 0 bridgehead atoms. The summed E-state index contributed by atoms with van der Waals surface area (Å²) in [6.45, 7) is 3.51. The molecule has 3 aromatic rings. The largest absolute Gasteiger partial charge is 0.296 e. The zero-order chi connectivity index (χ0) is 16.1. The second-order valence-electron chi connectivity index (χ2n) is 4.98. The lowest BCUT2D eigenvalue weighted by molar-refractivity contribution is 0.588. The number of aromatic nitrogens is 3. The predicted octanol–water partition coefficient (Wildman–Crippen LogP) is 2.23. The third-order valence-electron chi connectivity index (χ3n) is 3.36. The first-order chi connectivity index (χ1) is 10.3. The number of hydrogen-bond donors (Lipinski definition) is 1. The summed E-state index contributed by atoms with van der Waals surface area (Å²) in [5.41, 5.74) is 1.01. The average Bonchev–Trinajstić information content (AvgIpc) is 2.77. The number of hydrogen-bond acceptors (Lipinski definition) is 4. The van der Waals surface area contributed by atoms with E-state index < -0.39 is 15.6 Å². The highest BCUT2D eigenvalue weighted by molar-refractivity contribution is 7.90. The highest BCUT2D eigenvalue weighted by atomic mass is 35.5. The minimum atomic E-state index is -3.85. The van der Waals surface area contributed by atoms with Gasteiger partial charge in [-0.15, -0.1) is 0 Å². The Kier molecular flexibility index (Phi) is 3.34. The van der Waals surface area contributed by atoms with Gasteiger partial charge in [0.25, 0.3) is 15.6 Å². The van der Waals surface area contributed by atoms with Crippen LogP contribution in [0.1, 0.15) is 11.1 Å². The van der Waals surface area contributed by atoms with E-state index in [0.29, 0.717) is 5.56 Å². The monoisotopic (exact) mass is 337 g/mol. The summed E-state index contributed by atoms with van der Waals surface area (Å²) in [7, 11) is -3.85. The lowest BCUT2D eigenvalue weighted by Gasteiger charge is -2.07. The Morgan fingerprint density at radius 2 is 1.82 bits per heavy atom. The lowest BCUT2D eigenvalue weighted by atomic mass is 10.2. The number of nitrogens with one attached hydrogen (secondary N) is 1. The van der Waals surface area contributed by atoms with E-state index in [0.717, 1.165) is 9.54 Å². The van der Waals surface area contributed by atoms with Crippen LogP contribution in [0.4, 0.5) is 0 Å². The molecule has 114 valence electrons. The van der Waals surface area contributed by atoms with Gasteiger partial charge in [-0.05, 0) is 43.1 Å². The Morgan fingerprint density at radius 3 is 2.45 bits per heavy atom. The van der Waals surface area contributed by atoms with Crippen LogP contribution in [-0.2, 0) is 10.0 Å². The van der Waals surface area contributed by atoms with Gasteiger partial charge in [-0.1, -0.05) is 17.7 Å². The van der Waals surface area contributed by atoms with Gasteiger partial charge >= 0.3 is 0 Å². The van der Waals surface area contributed by atoms with Crippen molar-refractivity contribution in [3.63, 3.8) is 0 Å². The molecule has 0 spiro atoms. The van der Waals surface area contributed by atoms with Gasteiger partial charge in [0.05, 0.1) is 10.3 Å². The standard InChI is InChI=1S/C14H12ClN3O3S/c1-8-3-5-10(6-4-8)22(20,21)18-7-9(2)11-12(18)16-14(15)17-13(11)19/h3-7H,1-2H3,(H,16,17,19). The fraction of sp³-hybridized carbons (Fsp3) is 0.143. The van der Waals surface area contributed by atoms with Crippen molar-refractivity contribution in [3.8, 4) is 0 Å². The SMILES string of the molecule is Cc1ccc(S(=O)(=O)n2cc(C)c3c(=O)[nH]c(Cl)nc32)cc1. The highest BCUT2D eigenvalue weighted by Gasteiger charge is 2.22. The Morgan fingerprint density at radius 1 is 1.18 bits per heavy atom. The van der Waals surface area contributed by atoms with Gasteiger partial charge in [-0.25, -0.2) is 12.4 Å². The molecule has 2 aromatic heterocycles. The molecule has 0 saturated carbocycles. The maximum Gasteiger partial charge on any atom is 0.269 e. The Bertz CT molecular complexity index is 1030. The van der Waals surface area contributed by atoms with Crippen LogP contribution in [0.15, 0.2) is 40.2 Å². The fourth-order valence-corrected chi connectivity index (χ4v) is 3.79. The van der Waals surface area contributed by atoms with Crippen LogP contribution >= 0.6 is 11.6 Å². The van der Waals surface area contributed by atoms with Crippen LogP contribution < -0.4 is 5.56 Å². The van der Waals surface area contributed by atoms with Crippen LogP contribution in [-0.4, -0.2) is 22.4 Å². The topological polar surface area (TPSA) is 84.8 Å². The molecule has 0 amide bonds. The molecule has 1 aromatic carbocycles. The van der Waals surface area contributed by atoms with E-state index in [1.54, 1.807) is 19.1 Å². The Hall–Kier alpha value is -2.12. The maximum absolute atomic E-state index is 12.8. The normalized spacial score (nSPS) is 12.0. The van der Waals surface area contributed by atoms with E-state index in [1.165, 1.54) is 18.3 Å². The van der Waals surface area contributed by atoms with Crippen molar-refractivity contribution >= 4 is 32.7 Å². The molecule has 0 saturated heterocycles. The molecule has 0 fully saturated rings. The molecule has 0 aliphatic rings. The Labute approximate surface area is 131 Å². The van der Waals surface area contributed by atoms with Crippen molar-refractivity contribution in [2.24, 2.45) is 0 Å². The molecular formula is C14H12ClN3O3S. The Balaban J connectivity index is 2.35. The molecule has 2 heterocycles. The fourth-order valence-electron chi connectivity index (χ4n) is 2.26. The van der Waals surface area contributed by atoms with Crippen molar-refractivity contribution < 1.29 is 8.42 Å². The molecule has 8 heteroatoms. The quantitative estimate of drug-likeness (QED) is 0.727. The summed E-state index contributed by atoms with van der Waals surface area (Å²) in [5.74, 6) is 0. The molecule has 3 rings (SSSR count). The zero-order valence-electron chi connectivity index (χ0n) is 11.8. The molecule has 1 N–H and O–H groups in total. The minimum absolute atomic E-state index is 0.0202. The van der Waals surface area contributed by atoms with E-state index >= 15 is 0 Å². The summed E-state index contributed by atoms with van der Waals surface area (Å²) in [5, 5.41) is 0.0519. The van der Waals surface area contributed by atoms with E-state index in [1.807, 2.05) is 6.92 Å². The van der Waals surface area contributed by atoms with Gasteiger partial charge in [-0.2, -0.15) is 4.98 Å². The number of rotatable bonds is 2. The summed E-state index contributed by atoms with van der Waals surface area (Å²) in [6.07, 6.45) is 1.37. The number of fused-ring (bicyclic) bond motifs is 1. The van der Waals surface area contributed by atoms with Crippen LogP contribution in [0.5, 0.6) is 0 Å². The first kappa shape index (κ1) is 14.8. The minimum Gasteiger partial charge on any atom is -0.296 e. The third-order valence-corrected chi connectivity index (χ3v) is 5.21. The molecular weight excluding hydrogens is 326 g/mol. The molecule has 0 aliphatic carbocycles. The van der Waals surface area contributed by atoms with Crippen molar-refractivity contribution in [2.45, 2.75) is 18.7 Å². The van der Waals surface area contributed by atoms with Crippen LogP contribution in [0.3, 0.4) is 0 Å². The van der Waals surface area contributed by atoms with Crippen LogP contribution in [0.2, 0.25) is 5.28 Å². The summed E-state index contributed by atoms with van der Waals surface area (Å²) in [6, 6.07) is 6.44. The number of aromatic amines is 1. The van der Waals surface area contributed by atoms with Crippen molar-refractivity contribution in [1.29, 1.82) is 0 Å². The zero-order valence-corrected chi connectivity index (χ0v) is 13.4. The smallest absolute Gasteiger partial charge is 0.269 e.